The first-order valence-electron chi connectivity index (χ1n) is 10.00. The zero-order chi connectivity index (χ0) is 21.5. The van der Waals surface area contributed by atoms with E-state index in [2.05, 4.69) is 21.6 Å². The lowest BCUT2D eigenvalue weighted by Gasteiger charge is -2.33. The zero-order valence-electron chi connectivity index (χ0n) is 17.1. The van der Waals surface area contributed by atoms with Crippen LogP contribution in [0, 0.1) is 6.92 Å². The quantitative estimate of drug-likeness (QED) is 0.665. The summed E-state index contributed by atoms with van der Waals surface area (Å²) >= 11 is 0. The van der Waals surface area contributed by atoms with Crippen molar-refractivity contribution >= 4 is 11.5 Å². The number of hydrogen-bond donors (Lipinski definition) is 1. The molecule has 1 saturated heterocycles. The van der Waals surface area contributed by atoms with Gasteiger partial charge >= 0.3 is 6.18 Å². The van der Waals surface area contributed by atoms with Crippen molar-refractivity contribution in [3.05, 3.63) is 59.9 Å². The molecule has 0 amide bonds. The maximum absolute atomic E-state index is 13.9. The molecule has 0 radical (unpaired) electrons. The van der Waals surface area contributed by atoms with E-state index < -0.39 is 11.9 Å². The normalized spacial score (nSPS) is 15.7. The maximum Gasteiger partial charge on any atom is 0.435 e. The molecule has 1 fully saturated rings. The van der Waals surface area contributed by atoms with Gasteiger partial charge in [0, 0.05) is 11.8 Å². The summed E-state index contributed by atoms with van der Waals surface area (Å²) in [6, 6.07) is 10.4. The van der Waals surface area contributed by atoms with Crippen LogP contribution in [-0.4, -0.2) is 47.3 Å². The average molecular weight is 416 g/mol. The molecule has 0 saturated carbocycles. The molecule has 1 N–H and O–H groups in total. The van der Waals surface area contributed by atoms with Gasteiger partial charge in [-0.05, 0) is 25.0 Å². The fourth-order valence-electron chi connectivity index (χ4n) is 4.07. The number of anilines is 1. The highest BCUT2D eigenvalue weighted by molar-refractivity contribution is 5.81. The molecular weight excluding hydrogens is 391 g/mol. The molecule has 158 valence electrons. The molecule has 3 aromatic rings. The molecule has 1 aliphatic rings. The predicted octanol–water partition coefficient (Wildman–Crippen LogP) is 3.00. The first-order valence-corrected chi connectivity index (χ1v) is 10.00. The van der Waals surface area contributed by atoms with Gasteiger partial charge < -0.3 is 9.80 Å². The van der Waals surface area contributed by atoms with Crippen molar-refractivity contribution in [3.63, 3.8) is 0 Å². The summed E-state index contributed by atoms with van der Waals surface area (Å²) in [5, 5.41) is 4.01. The SMILES string of the molecule is C=C(C)C[NH+]1CCN(c2cc(C)nc3c(-c4ccccc4)c(C(F)(F)F)nn23)CC1. The van der Waals surface area contributed by atoms with Crippen LogP contribution in [0.4, 0.5) is 19.0 Å². The number of nitrogens with zero attached hydrogens (tertiary/aromatic N) is 4. The van der Waals surface area contributed by atoms with E-state index in [4.69, 9.17) is 0 Å². The number of nitrogens with one attached hydrogen (secondary N) is 1. The molecule has 0 spiro atoms. The van der Waals surface area contributed by atoms with Gasteiger partial charge in [-0.15, -0.1) is 0 Å². The van der Waals surface area contributed by atoms with Crippen molar-refractivity contribution in [2.75, 3.05) is 37.6 Å². The van der Waals surface area contributed by atoms with Crippen LogP contribution in [0.2, 0.25) is 0 Å². The lowest BCUT2D eigenvalue weighted by molar-refractivity contribution is -0.895. The summed E-state index contributed by atoms with van der Waals surface area (Å²) in [5.74, 6) is 0.652. The monoisotopic (exact) mass is 416 g/mol. The van der Waals surface area contributed by atoms with Crippen LogP contribution >= 0.6 is 0 Å². The molecule has 2 aromatic heterocycles. The van der Waals surface area contributed by atoms with Crippen LogP contribution < -0.4 is 9.80 Å². The standard InChI is InChI=1S/C22H24F3N5/c1-15(2)14-28-9-11-29(12-10-28)18-13-16(3)26-21-19(17-7-5-4-6-8-17)20(22(23,24)25)27-30(18)21/h4-8,13H,1,9-12,14H2,2-3H3/p+1. The Morgan fingerprint density at radius 3 is 2.43 bits per heavy atom. The third-order valence-corrected chi connectivity index (χ3v) is 5.38. The Morgan fingerprint density at radius 2 is 1.83 bits per heavy atom. The summed E-state index contributed by atoms with van der Waals surface area (Å²) in [7, 11) is 0. The molecule has 1 aromatic carbocycles. The molecule has 0 aliphatic carbocycles. The van der Waals surface area contributed by atoms with Crippen molar-refractivity contribution < 1.29 is 18.1 Å². The van der Waals surface area contributed by atoms with Gasteiger partial charge in [-0.3, -0.25) is 0 Å². The Balaban J connectivity index is 1.81. The van der Waals surface area contributed by atoms with Crippen LogP contribution in [0.15, 0.2) is 48.6 Å². The van der Waals surface area contributed by atoms with Crippen molar-refractivity contribution in [1.82, 2.24) is 14.6 Å². The van der Waals surface area contributed by atoms with Gasteiger partial charge in [0.15, 0.2) is 11.3 Å². The molecule has 0 unspecified atom stereocenters. The Labute approximate surface area is 173 Å². The van der Waals surface area contributed by atoms with Crippen molar-refractivity contribution in [2.45, 2.75) is 20.0 Å². The number of quaternary nitrogens is 1. The number of rotatable bonds is 4. The summed E-state index contributed by atoms with van der Waals surface area (Å²) in [6.45, 7) is 12.0. The highest BCUT2D eigenvalue weighted by atomic mass is 19.4. The molecular formula is C22H25F3N5+. The molecule has 30 heavy (non-hydrogen) atoms. The lowest BCUT2D eigenvalue weighted by atomic mass is 10.1. The fraction of sp³-hybridized carbons (Fsp3) is 0.364. The number of hydrogen-bond acceptors (Lipinski definition) is 3. The van der Waals surface area contributed by atoms with E-state index in [-0.39, 0.29) is 11.2 Å². The Kier molecular flexibility index (Phi) is 5.27. The minimum absolute atomic E-state index is 0.0274. The fourth-order valence-corrected chi connectivity index (χ4v) is 4.07. The number of aryl methyl sites for hydroxylation is 1. The van der Waals surface area contributed by atoms with E-state index in [1.165, 1.54) is 9.42 Å². The van der Waals surface area contributed by atoms with Crippen molar-refractivity contribution in [1.29, 1.82) is 0 Å². The van der Waals surface area contributed by atoms with E-state index in [9.17, 15) is 13.2 Å². The van der Waals surface area contributed by atoms with Gasteiger partial charge in [0.1, 0.15) is 5.82 Å². The second-order valence-electron chi connectivity index (χ2n) is 7.95. The minimum Gasteiger partial charge on any atom is -0.345 e. The number of aromatic nitrogens is 3. The minimum atomic E-state index is -4.58. The van der Waals surface area contributed by atoms with Crippen molar-refractivity contribution in [3.8, 4) is 11.1 Å². The molecule has 5 nitrogen and oxygen atoms in total. The molecule has 8 heteroatoms. The van der Waals surface area contributed by atoms with Crippen molar-refractivity contribution in [2.24, 2.45) is 0 Å². The average Bonchev–Trinajstić information content (AvgIpc) is 3.08. The smallest absolute Gasteiger partial charge is 0.345 e. The number of piperazine rings is 1. The number of alkyl halides is 3. The Morgan fingerprint density at radius 1 is 1.17 bits per heavy atom. The predicted molar refractivity (Wildman–Crippen MR) is 111 cm³/mol. The third-order valence-electron chi connectivity index (χ3n) is 5.38. The van der Waals surface area contributed by atoms with Gasteiger partial charge in [-0.2, -0.15) is 22.8 Å². The third kappa shape index (κ3) is 3.92. The zero-order valence-corrected chi connectivity index (χ0v) is 17.1. The van der Waals surface area contributed by atoms with Crippen LogP contribution in [0.3, 0.4) is 0 Å². The van der Waals surface area contributed by atoms with Gasteiger partial charge in [0.05, 0.1) is 38.3 Å². The van der Waals surface area contributed by atoms with E-state index in [1.807, 2.05) is 13.0 Å². The molecule has 3 heterocycles. The first kappa shape index (κ1) is 20.4. The topological polar surface area (TPSA) is 37.9 Å². The van der Waals surface area contributed by atoms with E-state index in [1.54, 1.807) is 37.3 Å². The first-order chi connectivity index (χ1) is 14.2. The molecule has 1 aliphatic heterocycles. The highest BCUT2D eigenvalue weighted by Crippen LogP contribution is 2.39. The Bertz CT molecular complexity index is 1060. The van der Waals surface area contributed by atoms with Gasteiger partial charge in [-0.25, -0.2) is 4.98 Å². The van der Waals surface area contributed by atoms with E-state index in [0.29, 0.717) is 17.1 Å². The second-order valence-corrected chi connectivity index (χ2v) is 7.95. The summed E-state index contributed by atoms with van der Waals surface area (Å²) in [5.41, 5.74) is 1.62. The second kappa shape index (κ2) is 7.75. The summed E-state index contributed by atoms with van der Waals surface area (Å²) in [6.07, 6.45) is -4.58. The maximum atomic E-state index is 13.9. The number of fused-ring (bicyclic) bond motifs is 1. The Hall–Kier alpha value is -2.87. The molecule has 4 rings (SSSR count). The highest BCUT2D eigenvalue weighted by Gasteiger charge is 2.39. The molecule has 0 bridgehead atoms. The van der Waals surface area contributed by atoms with E-state index >= 15 is 0 Å². The number of benzene rings is 1. The van der Waals surface area contributed by atoms with Crippen LogP contribution in [0.1, 0.15) is 18.3 Å². The van der Waals surface area contributed by atoms with Crippen LogP contribution in [0.5, 0.6) is 0 Å². The summed E-state index contributed by atoms with van der Waals surface area (Å²) < 4.78 is 43.0. The van der Waals surface area contributed by atoms with Gasteiger partial charge in [-0.1, -0.05) is 36.9 Å². The lowest BCUT2D eigenvalue weighted by Crippen LogP contribution is -3.15. The van der Waals surface area contributed by atoms with Gasteiger partial charge in [0.2, 0.25) is 0 Å². The van der Waals surface area contributed by atoms with Crippen LogP contribution in [-0.2, 0) is 6.18 Å². The molecule has 0 atom stereocenters. The van der Waals surface area contributed by atoms with Gasteiger partial charge in [0.25, 0.3) is 0 Å². The van der Waals surface area contributed by atoms with Crippen LogP contribution in [0.25, 0.3) is 16.8 Å². The largest absolute Gasteiger partial charge is 0.435 e. The summed E-state index contributed by atoms with van der Waals surface area (Å²) in [4.78, 5) is 7.99. The van der Waals surface area contributed by atoms with E-state index in [0.717, 1.165) is 38.3 Å². The number of halogens is 3.